The average Bonchev–Trinajstić information content (AvgIpc) is 2.99. The van der Waals surface area contributed by atoms with Crippen molar-refractivity contribution in [1.82, 2.24) is 10.2 Å². The maximum atomic E-state index is 6.40. The van der Waals surface area contributed by atoms with E-state index in [-0.39, 0.29) is 0 Å². The molecule has 0 spiro atoms. The fourth-order valence-corrected chi connectivity index (χ4v) is 3.92. The van der Waals surface area contributed by atoms with Gasteiger partial charge in [0.1, 0.15) is 5.82 Å². The molecule has 0 saturated carbocycles. The highest BCUT2D eigenvalue weighted by Crippen LogP contribution is 2.38. The summed E-state index contributed by atoms with van der Waals surface area (Å²) < 4.78 is 0. The maximum Gasteiger partial charge on any atom is 0.126 e. The summed E-state index contributed by atoms with van der Waals surface area (Å²) in [4.78, 5) is 0. The van der Waals surface area contributed by atoms with Gasteiger partial charge in [-0.15, -0.1) is 0 Å². The topological polar surface area (TPSA) is 54.7 Å². The summed E-state index contributed by atoms with van der Waals surface area (Å²) in [5.41, 5.74) is 9.00. The maximum absolute atomic E-state index is 6.40. The van der Waals surface area contributed by atoms with Crippen molar-refractivity contribution in [2.45, 2.75) is 12.3 Å². The van der Waals surface area contributed by atoms with Crippen molar-refractivity contribution in [2.75, 3.05) is 17.2 Å². The normalized spacial score (nSPS) is 19.3. The highest BCUT2D eigenvalue weighted by Gasteiger charge is 2.20. The van der Waals surface area contributed by atoms with E-state index in [4.69, 9.17) is 17.3 Å². The molecule has 1 aliphatic heterocycles. The van der Waals surface area contributed by atoms with Gasteiger partial charge in [-0.05, 0) is 35.3 Å². The number of nitrogens with one attached hydrogen (secondary N) is 1. The number of H-pyrrole nitrogens is 1. The van der Waals surface area contributed by atoms with Crippen molar-refractivity contribution >= 4 is 29.2 Å². The fourth-order valence-electron chi connectivity index (χ4n) is 2.33. The molecule has 0 aliphatic carbocycles. The van der Waals surface area contributed by atoms with Gasteiger partial charge in [0.25, 0.3) is 0 Å². The van der Waals surface area contributed by atoms with Gasteiger partial charge in [0.2, 0.25) is 0 Å². The minimum atomic E-state index is 0.579. The van der Waals surface area contributed by atoms with Crippen LogP contribution in [-0.4, -0.2) is 21.7 Å². The van der Waals surface area contributed by atoms with E-state index >= 15 is 0 Å². The highest BCUT2D eigenvalue weighted by molar-refractivity contribution is 7.99. The van der Waals surface area contributed by atoms with E-state index in [9.17, 15) is 0 Å². The second-order valence-electron chi connectivity index (χ2n) is 4.49. The minimum absolute atomic E-state index is 0.579. The van der Waals surface area contributed by atoms with Crippen molar-refractivity contribution < 1.29 is 0 Å². The van der Waals surface area contributed by atoms with Gasteiger partial charge < -0.3 is 5.73 Å². The van der Waals surface area contributed by atoms with Crippen molar-refractivity contribution in [3.05, 3.63) is 35.0 Å². The Morgan fingerprint density at radius 3 is 2.94 bits per heavy atom. The van der Waals surface area contributed by atoms with Crippen molar-refractivity contribution in [3.8, 4) is 11.1 Å². The number of nitrogen functional groups attached to an aromatic ring is 1. The first-order valence-electron chi connectivity index (χ1n) is 5.92. The van der Waals surface area contributed by atoms with Gasteiger partial charge in [0.15, 0.2) is 0 Å². The van der Waals surface area contributed by atoms with E-state index < -0.39 is 0 Å². The Morgan fingerprint density at radius 1 is 1.44 bits per heavy atom. The third kappa shape index (κ3) is 2.10. The zero-order chi connectivity index (χ0) is 12.5. The van der Waals surface area contributed by atoms with Crippen molar-refractivity contribution in [3.63, 3.8) is 0 Å². The minimum Gasteiger partial charge on any atom is -0.384 e. The second kappa shape index (κ2) is 4.86. The Hall–Kier alpha value is -1.13. The number of nitrogens with two attached hydrogens (primary N) is 1. The predicted molar refractivity (Wildman–Crippen MR) is 78.1 cm³/mol. The summed E-state index contributed by atoms with van der Waals surface area (Å²) in [6.45, 7) is 0. The number of aromatic nitrogens is 2. The summed E-state index contributed by atoms with van der Waals surface area (Å²) in [5, 5.41) is 7.50. The van der Waals surface area contributed by atoms with Crippen LogP contribution in [0.1, 0.15) is 17.9 Å². The van der Waals surface area contributed by atoms with E-state index in [1.165, 1.54) is 23.5 Å². The van der Waals surface area contributed by atoms with Gasteiger partial charge in [0.05, 0.1) is 6.20 Å². The number of aromatic amines is 1. The average molecular weight is 280 g/mol. The number of hydrogen-bond acceptors (Lipinski definition) is 3. The molecule has 1 unspecified atom stereocenters. The Bertz CT molecular complexity index is 561. The smallest absolute Gasteiger partial charge is 0.126 e. The SMILES string of the molecule is Nc1[nH]ncc1-c1ccc(C2CCSC2)c(Cl)c1. The molecular weight excluding hydrogens is 266 g/mol. The number of nitrogens with zero attached hydrogens (tertiary/aromatic N) is 1. The van der Waals surface area contributed by atoms with Gasteiger partial charge in [-0.3, -0.25) is 5.10 Å². The summed E-state index contributed by atoms with van der Waals surface area (Å²) in [5.74, 6) is 3.58. The van der Waals surface area contributed by atoms with E-state index in [2.05, 4.69) is 22.3 Å². The van der Waals surface area contributed by atoms with E-state index in [1.54, 1.807) is 6.20 Å². The Labute approximate surface area is 115 Å². The zero-order valence-corrected chi connectivity index (χ0v) is 11.4. The summed E-state index contributed by atoms with van der Waals surface area (Å²) in [6, 6.07) is 6.19. The molecule has 1 aliphatic rings. The lowest BCUT2D eigenvalue weighted by Gasteiger charge is -2.12. The summed E-state index contributed by atoms with van der Waals surface area (Å²) >= 11 is 8.39. The molecule has 1 aromatic carbocycles. The first kappa shape index (κ1) is 11.9. The largest absolute Gasteiger partial charge is 0.384 e. The van der Waals surface area contributed by atoms with Crippen molar-refractivity contribution in [1.29, 1.82) is 0 Å². The Kier molecular flexibility index (Phi) is 3.22. The van der Waals surface area contributed by atoms with Crippen molar-refractivity contribution in [2.24, 2.45) is 0 Å². The van der Waals surface area contributed by atoms with Crippen LogP contribution >= 0.6 is 23.4 Å². The van der Waals surface area contributed by atoms with Gasteiger partial charge in [-0.1, -0.05) is 23.7 Å². The van der Waals surface area contributed by atoms with E-state index in [0.29, 0.717) is 11.7 Å². The fraction of sp³-hybridized carbons (Fsp3) is 0.308. The zero-order valence-electron chi connectivity index (χ0n) is 9.82. The highest BCUT2D eigenvalue weighted by atomic mass is 35.5. The lowest BCUT2D eigenvalue weighted by atomic mass is 9.96. The summed E-state index contributed by atoms with van der Waals surface area (Å²) in [6.07, 6.45) is 2.95. The number of thioether (sulfide) groups is 1. The van der Waals surface area contributed by atoms with Gasteiger partial charge >= 0.3 is 0 Å². The first-order chi connectivity index (χ1) is 8.75. The van der Waals surface area contributed by atoms with Gasteiger partial charge in [-0.2, -0.15) is 16.9 Å². The standard InChI is InChI=1S/C13H14ClN3S/c14-12-5-8(11-6-16-17-13(11)15)1-2-10(12)9-3-4-18-7-9/h1-2,5-6,9H,3-4,7H2,(H3,15,16,17). The number of rotatable bonds is 2. The van der Waals surface area contributed by atoms with Crippen LogP contribution in [-0.2, 0) is 0 Å². The van der Waals surface area contributed by atoms with Gasteiger partial charge in [-0.25, -0.2) is 0 Å². The molecule has 3 rings (SSSR count). The molecule has 1 aromatic heterocycles. The lowest BCUT2D eigenvalue weighted by molar-refractivity contribution is 0.783. The van der Waals surface area contributed by atoms with Crippen LogP contribution in [0, 0.1) is 0 Å². The van der Waals surface area contributed by atoms with Crippen LogP contribution in [0.4, 0.5) is 5.82 Å². The molecule has 1 atom stereocenters. The third-order valence-corrected chi connectivity index (χ3v) is 4.84. The van der Waals surface area contributed by atoms with E-state index in [1.807, 2.05) is 17.8 Å². The molecule has 5 heteroatoms. The van der Waals surface area contributed by atoms with Crippen LogP contribution in [0.25, 0.3) is 11.1 Å². The molecule has 18 heavy (non-hydrogen) atoms. The second-order valence-corrected chi connectivity index (χ2v) is 6.05. The van der Waals surface area contributed by atoms with Gasteiger partial charge in [0, 0.05) is 16.3 Å². The monoisotopic (exact) mass is 279 g/mol. The lowest BCUT2D eigenvalue weighted by Crippen LogP contribution is -1.97. The van der Waals surface area contributed by atoms with Crippen LogP contribution in [0.15, 0.2) is 24.4 Å². The molecule has 2 aromatic rings. The molecule has 2 heterocycles. The molecule has 94 valence electrons. The molecular formula is C13H14ClN3S. The molecule has 1 saturated heterocycles. The Balaban J connectivity index is 1.96. The first-order valence-corrected chi connectivity index (χ1v) is 7.45. The number of halogens is 1. The molecule has 3 N–H and O–H groups in total. The molecule has 3 nitrogen and oxygen atoms in total. The molecule has 0 bridgehead atoms. The van der Waals surface area contributed by atoms with Crippen LogP contribution in [0.2, 0.25) is 5.02 Å². The third-order valence-electron chi connectivity index (χ3n) is 3.35. The van der Waals surface area contributed by atoms with Crippen LogP contribution in [0.3, 0.4) is 0 Å². The van der Waals surface area contributed by atoms with Crippen LogP contribution < -0.4 is 5.73 Å². The molecule has 0 amide bonds. The number of benzene rings is 1. The predicted octanol–water partition coefficient (Wildman–Crippen LogP) is 3.53. The quantitative estimate of drug-likeness (QED) is 0.884. The molecule has 1 fully saturated rings. The number of hydrogen-bond donors (Lipinski definition) is 2. The summed E-state index contributed by atoms with van der Waals surface area (Å²) in [7, 11) is 0. The van der Waals surface area contributed by atoms with E-state index in [0.717, 1.165) is 16.1 Å². The Morgan fingerprint density at radius 2 is 2.33 bits per heavy atom. The number of anilines is 1. The van der Waals surface area contributed by atoms with Crippen LogP contribution in [0.5, 0.6) is 0 Å². The molecule has 0 radical (unpaired) electrons.